The molecular formula is C37H65N5O8. The molecule has 50 heavy (non-hydrogen) atoms. The molecule has 6 N–H and O–H groups in total. The number of carbonyl (C=O) groups is 4. The highest BCUT2D eigenvalue weighted by molar-refractivity contribution is 5.87. The Hall–Kier alpha value is -3.42. The van der Waals surface area contributed by atoms with E-state index in [9.17, 15) is 29.4 Å². The van der Waals surface area contributed by atoms with Gasteiger partial charge >= 0.3 is 12.1 Å². The second-order valence-corrected chi connectivity index (χ2v) is 13.7. The first kappa shape index (κ1) is 44.6. The molecule has 4 atom stereocenters. The van der Waals surface area contributed by atoms with Crippen molar-refractivity contribution >= 4 is 23.9 Å². The van der Waals surface area contributed by atoms with E-state index in [1.165, 1.54) is 0 Å². The number of hydrogen-bond donors (Lipinski definition) is 6. The third kappa shape index (κ3) is 19.7. The Bertz CT molecular complexity index is 1080. The Kier molecular flexibility index (Phi) is 23.5. The summed E-state index contributed by atoms with van der Waals surface area (Å²) in [5.41, 5.74) is 0.882. The number of morpholine rings is 1. The number of nitrogens with zero attached hydrogens (tertiary/aromatic N) is 1. The molecule has 0 spiro atoms. The highest BCUT2D eigenvalue weighted by atomic mass is 16.5. The summed E-state index contributed by atoms with van der Waals surface area (Å²) in [7, 11) is 0. The van der Waals surface area contributed by atoms with Gasteiger partial charge in [0, 0.05) is 13.1 Å². The molecule has 1 aromatic rings. The molecule has 1 aromatic carbocycles. The van der Waals surface area contributed by atoms with Gasteiger partial charge in [0.1, 0.15) is 18.7 Å². The van der Waals surface area contributed by atoms with Crippen LogP contribution >= 0.6 is 0 Å². The van der Waals surface area contributed by atoms with Crippen molar-refractivity contribution in [3.05, 3.63) is 35.9 Å². The topological polar surface area (TPSA) is 179 Å². The maximum Gasteiger partial charge on any atom is 0.408 e. The molecule has 5 amide bonds. The first-order valence-corrected chi connectivity index (χ1v) is 18.4. The second kappa shape index (κ2) is 26.4. The van der Waals surface area contributed by atoms with Gasteiger partial charge in [-0.3, -0.25) is 9.59 Å². The zero-order chi connectivity index (χ0) is 37.3. The summed E-state index contributed by atoms with van der Waals surface area (Å²) in [6, 6.07) is 7.32. The molecule has 0 unspecified atom stereocenters. The van der Waals surface area contributed by atoms with Crippen LogP contribution in [0.1, 0.15) is 98.5 Å². The number of nitrogens with one attached hydrogen (secondary N) is 4. The molecule has 0 saturated carbocycles. The quantitative estimate of drug-likeness (QED) is 0.117. The third-order valence-electron chi connectivity index (χ3n) is 8.09. The number of amides is 5. The van der Waals surface area contributed by atoms with Gasteiger partial charge in [0.25, 0.3) is 0 Å². The summed E-state index contributed by atoms with van der Waals surface area (Å²) >= 11 is 0. The van der Waals surface area contributed by atoms with Gasteiger partial charge in [0.2, 0.25) is 11.8 Å². The molecule has 2 rings (SSSR count). The monoisotopic (exact) mass is 707 g/mol. The molecule has 0 bridgehead atoms. The first-order valence-electron chi connectivity index (χ1n) is 18.4. The fourth-order valence-corrected chi connectivity index (χ4v) is 5.24. The van der Waals surface area contributed by atoms with E-state index in [0.717, 1.165) is 37.7 Å². The van der Waals surface area contributed by atoms with Gasteiger partial charge in [0.05, 0.1) is 38.5 Å². The van der Waals surface area contributed by atoms with E-state index in [0.29, 0.717) is 45.6 Å². The molecule has 1 heterocycles. The van der Waals surface area contributed by atoms with Gasteiger partial charge in [0.15, 0.2) is 0 Å². The number of aliphatic hydroxyl groups is 2. The summed E-state index contributed by atoms with van der Waals surface area (Å²) in [6.45, 7) is 14.2. The van der Waals surface area contributed by atoms with Crippen molar-refractivity contribution in [2.45, 2.75) is 124 Å². The number of ether oxygens (including phenoxy) is 2. The smallest absolute Gasteiger partial charge is 0.408 e. The number of urea groups is 1. The van der Waals surface area contributed by atoms with Crippen LogP contribution in [0.25, 0.3) is 0 Å². The van der Waals surface area contributed by atoms with Gasteiger partial charge in [-0.2, -0.15) is 0 Å². The molecule has 286 valence electrons. The molecule has 0 aliphatic carbocycles. The van der Waals surface area contributed by atoms with Crippen molar-refractivity contribution in [1.82, 2.24) is 26.2 Å². The predicted octanol–water partition coefficient (Wildman–Crippen LogP) is 4.11. The average Bonchev–Trinajstić information content (AvgIpc) is 3.10. The van der Waals surface area contributed by atoms with E-state index in [1.807, 2.05) is 58.0 Å². The lowest BCUT2D eigenvalue weighted by Gasteiger charge is -2.30. The number of hydrogen-bond acceptors (Lipinski definition) is 8. The number of unbranched alkanes of at least 4 members (excludes halogenated alkanes) is 2. The minimum absolute atomic E-state index is 0.0858. The summed E-state index contributed by atoms with van der Waals surface area (Å²) in [4.78, 5) is 51.2. The minimum atomic E-state index is -0.686. The van der Waals surface area contributed by atoms with Crippen molar-refractivity contribution in [3.8, 4) is 0 Å². The number of alkyl carbamates (subject to hydrolysis) is 1. The van der Waals surface area contributed by atoms with Crippen LogP contribution in [0.2, 0.25) is 0 Å². The Morgan fingerprint density at radius 1 is 0.760 bits per heavy atom. The van der Waals surface area contributed by atoms with Crippen LogP contribution in [0.15, 0.2) is 30.3 Å². The van der Waals surface area contributed by atoms with Crippen LogP contribution < -0.4 is 21.3 Å². The zero-order valence-electron chi connectivity index (χ0n) is 31.2. The third-order valence-corrected chi connectivity index (χ3v) is 8.09. The van der Waals surface area contributed by atoms with Crippen LogP contribution in [0.3, 0.4) is 0 Å². The van der Waals surface area contributed by atoms with Crippen LogP contribution in [-0.2, 0) is 25.7 Å². The summed E-state index contributed by atoms with van der Waals surface area (Å²) in [5, 5.41) is 30.0. The van der Waals surface area contributed by atoms with Crippen molar-refractivity contribution in [2.24, 2.45) is 11.8 Å². The van der Waals surface area contributed by atoms with Crippen molar-refractivity contribution in [2.75, 3.05) is 39.5 Å². The highest BCUT2D eigenvalue weighted by Gasteiger charge is 2.27. The van der Waals surface area contributed by atoms with Crippen molar-refractivity contribution in [1.29, 1.82) is 0 Å². The fourth-order valence-electron chi connectivity index (χ4n) is 5.24. The normalized spacial score (nSPS) is 15.2. The van der Waals surface area contributed by atoms with Gasteiger partial charge in [-0.1, -0.05) is 97.6 Å². The van der Waals surface area contributed by atoms with Crippen LogP contribution in [-0.4, -0.2) is 103 Å². The first-order chi connectivity index (χ1) is 23.9. The molecule has 0 radical (unpaired) electrons. The Morgan fingerprint density at radius 3 is 1.68 bits per heavy atom. The van der Waals surface area contributed by atoms with Gasteiger partial charge < -0.3 is 45.9 Å². The minimum Gasteiger partial charge on any atom is -0.445 e. The SMILES string of the molecule is CCCC[C@@H](CO)NC(=O)[C@H](CC(C)C)NC(=O)N1CCOCC1.CCCC[C@@H](CO)NC(=O)[C@H](CC(C)C)NC(=O)OCc1ccccc1. The van der Waals surface area contributed by atoms with Crippen LogP contribution in [0.4, 0.5) is 9.59 Å². The number of carbonyl (C=O) groups excluding carboxylic acids is 4. The van der Waals surface area contributed by atoms with Crippen LogP contribution in [0, 0.1) is 11.8 Å². The molecule has 1 aliphatic rings. The standard InChI is InChI=1S/C20H32N2O4.C17H33N3O4/c1-4-5-11-17(13-23)21-19(24)18(12-15(2)3)22-20(25)26-14-16-9-7-6-8-10-16;1-4-5-6-14(12-21)18-16(22)15(11-13(2)3)19-17(23)20-7-9-24-10-8-20/h6-10,15,17-18,23H,4-5,11-14H2,1-3H3,(H,21,24)(H,22,25);13-15,21H,4-12H2,1-3H3,(H,18,22)(H,19,23)/t17-,18-;14-,15-/m00/s1. The van der Waals surface area contributed by atoms with E-state index < -0.39 is 18.2 Å². The number of aliphatic hydroxyl groups excluding tert-OH is 2. The molecule has 13 nitrogen and oxygen atoms in total. The van der Waals surface area contributed by atoms with Gasteiger partial charge in [-0.15, -0.1) is 0 Å². The summed E-state index contributed by atoms with van der Waals surface area (Å²) in [6.07, 6.45) is 5.76. The van der Waals surface area contributed by atoms with E-state index >= 15 is 0 Å². The second-order valence-electron chi connectivity index (χ2n) is 13.7. The highest BCUT2D eigenvalue weighted by Crippen LogP contribution is 2.10. The predicted molar refractivity (Wildman–Crippen MR) is 194 cm³/mol. The lowest BCUT2D eigenvalue weighted by molar-refractivity contribution is -0.125. The van der Waals surface area contributed by atoms with Crippen molar-refractivity contribution in [3.63, 3.8) is 0 Å². The maximum atomic E-state index is 12.5. The van der Waals surface area contributed by atoms with E-state index in [2.05, 4.69) is 35.1 Å². The van der Waals surface area contributed by atoms with Crippen molar-refractivity contribution < 1.29 is 38.9 Å². The fraction of sp³-hybridized carbons (Fsp3) is 0.730. The molecule has 1 saturated heterocycles. The maximum absolute atomic E-state index is 12.5. The lowest BCUT2D eigenvalue weighted by atomic mass is 10.0. The van der Waals surface area contributed by atoms with E-state index in [4.69, 9.17) is 9.47 Å². The Morgan fingerprint density at radius 2 is 1.24 bits per heavy atom. The Balaban J connectivity index is 0.000000502. The number of benzene rings is 1. The van der Waals surface area contributed by atoms with Crippen LogP contribution in [0.5, 0.6) is 0 Å². The van der Waals surface area contributed by atoms with E-state index in [1.54, 1.807) is 4.90 Å². The Labute approximate surface area is 299 Å². The lowest BCUT2D eigenvalue weighted by Crippen LogP contribution is -2.55. The number of rotatable bonds is 20. The largest absolute Gasteiger partial charge is 0.445 e. The van der Waals surface area contributed by atoms with E-state index in [-0.39, 0.29) is 61.6 Å². The summed E-state index contributed by atoms with van der Waals surface area (Å²) in [5.74, 6) is -0.0108. The molecule has 0 aromatic heterocycles. The van der Waals surface area contributed by atoms with Gasteiger partial charge in [-0.05, 0) is 43.1 Å². The molecular weight excluding hydrogens is 642 g/mol. The molecule has 13 heteroatoms. The van der Waals surface area contributed by atoms with Gasteiger partial charge in [-0.25, -0.2) is 9.59 Å². The molecule has 1 fully saturated rings. The average molecular weight is 708 g/mol. The zero-order valence-corrected chi connectivity index (χ0v) is 31.2. The summed E-state index contributed by atoms with van der Waals surface area (Å²) < 4.78 is 10.4. The molecule has 1 aliphatic heterocycles.